The summed E-state index contributed by atoms with van der Waals surface area (Å²) in [5.74, 6) is -3.08. The van der Waals surface area contributed by atoms with Crippen LogP contribution in [-0.2, 0) is 43.4 Å². The summed E-state index contributed by atoms with van der Waals surface area (Å²) in [6, 6.07) is 25.2. The fourth-order valence-electron chi connectivity index (χ4n) is 9.46. The van der Waals surface area contributed by atoms with Gasteiger partial charge in [0.1, 0.15) is 29.6 Å². The number of carbonyl (C=O) groups excluding carboxylic acids is 5. The minimum Gasteiger partial charge on any atom is -0.508 e. The zero-order chi connectivity index (χ0) is 55.1. The number of aromatic amines is 1. The van der Waals surface area contributed by atoms with E-state index < -0.39 is 53.5 Å². The van der Waals surface area contributed by atoms with Gasteiger partial charge in [0.15, 0.2) is 11.6 Å². The molecule has 4 aromatic carbocycles. The molecule has 0 aliphatic carbocycles. The third-order valence-corrected chi connectivity index (χ3v) is 13.7. The van der Waals surface area contributed by atoms with Crippen molar-refractivity contribution < 1.29 is 39.3 Å². The molecule has 0 saturated carbocycles. The summed E-state index contributed by atoms with van der Waals surface area (Å²) in [6.07, 6.45) is 1.43. The van der Waals surface area contributed by atoms with Crippen molar-refractivity contribution in [3.63, 3.8) is 0 Å². The Morgan fingerprint density at radius 3 is 1.79 bits per heavy atom. The smallest absolute Gasteiger partial charge is 0.348 e. The highest BCUT2D eigenvalue weighted by molar-refractivity contribution is 5.96. The number of benzene rings is 4. The Labute approximate surface area is 445 Å². The van der Waals surface area contributed by atoms with Gasteiger partial charge in [0.05, 0.1) is 30.4 Å². The highest BCUT2D eigenvalue weighted by Crippen LogP contribution is 2.37. The minimum absolute atomic E-state index is 0.0388. The van der Waals surface area contributed by atoms with Gasteiger partial charge >= 0.3 is 5.69 Å². The third kappa shape index (κ3) is 16.4. The zero-order valence-corrected chi connectivity index (χ0v) is 44.9. The molecule has 8 N–H and O–H groups in total. The number of aryl methyl sites for hydroxylation is 1. The Balaban J connectivity index is 1.09. The van der Waals surface area contributed by atoms with E-state index in [0.717, 1.165) is 16.7 Å². The number of aliphatic hydroxyl groups is 1. The van der Waals surface area contributed by atoms with Gasteiger partial charge in [-0.2, -0.15) is 5.10 Å². The van der Waals surface area contributed by atoms with E-state index in [9.17, 15) is 44.1 Å². The van der Waals surface area contributed by atoms with Crippen LogP contribution in [0, 0.1) is 17.8 Å². The Kier molecular flexibility index (Phi) is 21.1. The average molecular weight is 1040 g/mol. The number of phenolic OH excluding ortho intramolecular Hbond substituents is 2. The van der Waals surface area contributed by atoms with Gasteiger partial charge in [0.2, 0.25) is 23.6 Å². The van der Waals surface area contributed by atoms with Crippen LogP contribution in [0.2, 0.25) is 0 Å². The van der Waals surface area contributed by atoms with Gasteiger partial charge in [-0.15, -0.1) is 0 Å². The van der Waals surface area contributed by atoms with Crippen molar-refractivity contribution in [2.45, 2.75) is 117 Å². The van der Waals surface area contributed by atoms with Gasteiger partial charge in [0, 0.05) is 51.1 Å². The van der Waals surface area contributed by atoms with Crippen LogP contribution in [0.3, 0.4) is 0 Å². The first-order chi connectivity index (χ1) is 36.3. The molecule has 5 unspecified atom stereocenters. The number of carbonyl (C=O) groups is 5. The van der Waals surface area contributed by atoms with Crippen molar-refractivity contribution in [1.82, 2.24) is 45.8 Å². The summed E-state index contributed by atoms with van der Waals surface area (Å²) in [6.45, 7) is 16.0. The van der Waals surface area contributed by atoms with Crippen LogP contribution >= 0.6 is 0 Å². The monoisotopic (exact) mass is 1040 g/mol. The molecule has 1 aliphatic heterocycles. The van der Waals surface area contributed by atoms with Gasteiger partial charge < -0.3 is 36.6 Å². The molecular weight excluding hydrogens is 967 g/mol. The second-order valence-corrected chi connectivity index (χ2v) is 21.3. The van der Waals surface area contributed by atoms with Crippen molar-refractivity contribution in [3.05, 3.63) is 130 Å². The number of rotatable bonds is 26. The Morgan fingerprint density at radius 2 is 1.18 bits per heavy atom. The highest BCUT2D eigenvalue weighted by Gasteiger charge is 2.34. The van der Waals surface area contributed by atoms with E-state index in [-0.39, 0.29) is 79.2 Å². The van der Waals surface area contributed by atoms with E-state index in [1.165, 1.54) is 10.6 Å². The molecule has 5 atom stereocenters. The molecule has 18 heteroatoms. The summed E-state index contributed by atoms with van der Waals surface area (Å²) in [5, 5.41) is 49.2. The minimum atomic E-state index is -1.11. The number of H-pyrrole nitrogens is 1. The Morgan fingerprint density at radius 1 is 0.632 bits per heavy atom. The van der Waals surface area contributed by atoms with Gasteiger partial charge in [-0.1, -0.05) is 121 Å². The second kappa shape index (κ2) is 27.6. The van der Waals surface area contributed by atoms with Crippen molar-refractivity contribution in [2.75, 3.05) is 39.3 Å². The van der Waals surface area contributed by atoms with Crippen LogP contribution in [-0.4, -0.2) is 133 Å². The quantitative estimate of drug-likeness (QED) is 0.0365. The van der Waals surface area contributed by atoms with Gasteiger partial charge in [0.25, 0.3) is 0 Å². The third-order valence-electron chi connectivity index (χ3n) is 13.7. The van der Waals surface area contributed by atoms with Crippen LogP contribution in [0.15, 0.2) is 102 Å². The van der Waals surface area contributed by atoms with Gasteiger partial charge in [-0.3, -0.25) is 33.8 Å². The predicted octanol–water partition coefficient (Wildman–Crippen LogP) is 4.98. The van der Waals surface area contributed by atoms with Crippen molar-refractivity contribution in [3.8, 4) is 28.6 Å². The molecule has 0 spiro atoms. The lowest BCUT2D eigenvalue weighted by molar-refractivity contribution is -0.135. The van der Waals surface area contributed by atoms with Gasteiger partial charge in [-0.05, 0) is 83.9 Å². The standard InChI is InChI=1S/C58H77N9O9/c1-36(2)28-47(53(72)39(7)35-68)60-57(75)49(30-41-16-12-9-13-17-41)62-56(74)48(29-37(3)4)61-55(73)46(23-20-40-14-10-8-11-15-40)59-52(71)34-66-26-24-65(25-27-66)33-42-18-21-43(22-19-42)67-54(63-64-58(67)76)45-31-44(38(5)6)50(69)32-51(45)70/h8-19,21-22,31-32,36-39,46-49,68-70H,20,23-30,33-35H2,1-7H3,(H,59,71)(H,60,75)(H,61,73)(H,62,74)(H,64,76). The van der Waals surface area contributed by atoms with Crippen LogP contribution in [0.25, 0.3) is 17.1 Å². The summed E-state index contributed by atoms with van der Waals surface area (Å²) in [5.41, 5.74) is 3.74. The zero-order valence-electron chi connectivity index (χ0n) is 44.9. The first-order valence-corrected chi connectivity index (χ1v) is 26.5. The molecule has 1 saturated heterocycles. The van der Waals surface area contributed by atoms with Crippen LogP contribution < -0.4 is 27.0 Å². The number of aromatic nitrogens is 3. The van der Waals surface area contributed by atoms with E-state index in [2.05, 4.69) is 36.4 Å². The predicted molar refractivity (Wildman–Crippen MR) is 292 cm³/mol. The molecule has 6 rings (SSSR count). The first-order valence-electron chi connectivity index (χ1n) is 26.5. The summed E-state index contributed by atoms with van der Waals surface area (Å²) < 4.78 is 1.38. The van der Waals surface area contributed by atoms with E-state index in [1.54, 1.807) is 13.0 Å². The molecule has 0 radical (unpaired) electrons. The molecule has 76 heavy (non-hydrogen) atoms. The second-order valence-electron chi connectivity index (χ2n) is 21.3. The molecule has 4 amide bonds. The summed E-state index contributed by atoms with van der Waals surface area (Å²) >= 11 is 0. The Bertz CT molecular complexity index is 2770. The van der Waals surface area contributed by atoms with Crippen LogP contribution in [0.1, 0.15) is 95.9 Å². The molecule has 18 nitrogen and oxygen atoms in total. The maximum absolute atomic E-state index is 14.4. The van der Waals surface area contributed by atoms with E-state index in [0.29, 0.717) is 62.4 Å². The summed E-state index contributed by atoms with van der Waals surface area (Å²) in [7, 11) is 0. The Hall–Kier alpha value is -7.15. The van der Waals surface area contributed by atoms with E-state index in [1.807, 2.05) is 131 Å². The highest BCUT2D eigenvalue weighted by atomic mass is 16.3. The van der Waals surface area contributed by atoms with Gasteiger partial charge in [-0.25, -0.2) is 14.5 Å². The van der Waals surface area contributed by atoms with E-state index in [4.69, 9.17) is 0 Å². The molecule has 1 aliphatic rings. The number of aromatic hydroxyl groups is 2. The maximum Gasteiger partial charge on any atom is 0.348 e. The van der Waals surface area contributed by atoms with E-state index >= 15 is 0 Å². The fourth-order valence-corrected chi connectivity index (χ4v) is 9.46. The number of nitrogens with zero attached hydrogens (tertiary/aromatic N) is 4. The molecule has 5 aromatic rings. The average Bonchev–Trinajstić information content (AvgIpc) is 3.77. The first kappa shape index (κ1) is 58.1. The lowest BCUT2D eigenvalue weighted by atomic mass is 9.93. The largest absolute Gasteiger partial charge is 0.508 e. The number of Topliss-reactive ketones (excluding diaryl/α,β-unsaturated/α-hetero) is 1. The normalized spacial score (nSPS) is 15.2. The number of piperazine rings is 1. The topological polar surface area (TPSA) is 251 Å². The molecule has 1 fully saturated rings. The number of nitrogens with one attached hydrogen (secondary N) is 5. The number of amides is 4. The maximum atomic E-state index is 14.4. The van der Waals surface area contributed by atoms with Crippen molar-refractivity contribution in [2.24, 2.45) is 17.8 Å². The molecule has 0 bridgehead atoms. The lowest BCUT2D eigenvalue weighted by Gasteiger charge is -2.34. The van der Waals surface area contributed by atoms with Crippen LogP contribution in [0.4, 0.5) is 0 Å². The van der Waals surface area contributed by atoms with Crippen molar-refractivity contribution in [1.29, 1.82) is 0 Å². The van der Waals surface area contributed by atoms with Crippen LogP contribution in [0.5, 0.6) is 11.5 Å². The molecule has 408 valence electrons. The SMILES string of the molecule is CC(C)CC(NC(=O)C(CCc1ccccc1)NC(=O)CN1CCN(Cc2ccc(-n3c(-c4cc(C(C)C)c(O)cc4O)n[nH]c3=O)cc2)CC1)C(=O)NC(Cc1ccccc1)C(=O)NC(CC(C)C)C(=O)C(C)CO. The number of hydrogen-bond acceptors (Lipinski definition) is 12. The number of hydrogen-bond donors (Lipinski definition) is 8. The van der Waals surface area contributed by atoms with Crippen molar-refractivity contribution >= 4 is 29.4 Å². The molecular formula is C58H77N9O9. The number of phenols is 2. The lowest BCUT2D eigenvalue weighted by Crippen LogP contribution is -2.59. The summed E-state index contributed by atoms with van der Waals surface area (Å²) in [4.78, 5) is 87.3. The molecule has 1 aromatic heterocycles. The number of ketones is 1. The number of aliphatic hydroxyl groups excluding tert-OH is 1. The molecule has 2 heterocycles. The fraction of sp³-hybridized carbons (Fsp3) is 0.466.